The van der Waals surface area contributed by atoms with E-state index in [-0.39, 0.29) is 18.1 Å². The molecule has 1 rings (SSSR count). The number of carboxylic acids is 1. The molecule has 0 aromatic heterocycles. The summed E-state index contributed by atoms with van der Waals surface area (Å²) in [5, 5.41) is 12.0. The second-order valence-electron chi connectivity index (χ2n) is 5.20. The highest BCUT2D eigenvalue weighted by atomic mass is 19.1. The quantitative estimate of drug-likeness (QED) is 0.775. The fourth-order valence-corrected chi connectivity index (χ4v) is 2.29. The van der Waals surface area contributed by atoms with Gasteiger partial charge < -0.3 is 10.4 Å². The predicted molar refractivity (Wildman–Crippen MR) is 78.4 cm³/mol. The Morgan fingerprint density at radius 1 is 1.29 bits per heavy atom. The fourth-order valence-electron chi connectivity index (χ4n) is 2.29. The molecule has 0 fully saturated rings. The zero-order valence-corrected chi connectivity index (χ0v) is 12.5. The van der Waals surface area contributed by atoms with Crippen LogP contribution in [0.1, 0.15) is 38.7 Å². The van der Waals surface area contributed by atoms with Crippen LogP contribution in [0.5, 0.6) is 0 Å². The molecule has 116 valence electrons. The summed E-state index contributed by atoms with van der Waals surface area (Å²) in [5.41, 5.74) is -0.200. The van der Waals surface area contributed by atoms with Crippen molar-refractivity contribution >= 4 is 11.9 Å². The maximum absolute atomic E-state index is 13.0. The van der Waals surface area contributed by atoms with Crippen LogP contribution >= 0.6 is 0 Å². The van der Waals surface area contributed by atoms with E-state index in [1.54, 1.807) is 26.0 Å². The van der Waals surface area contributed by atoms with Gasteiger partial charge in [-0.2, -0.15) is 0 Å². The molecule has 0 bridgehead atoms. The van der Waals surface area contributed by atoms with Crippen molar-refractivity contribution in [1.82, 2.24) is 5.32 Å². The van der Waals surface area contributed by atoms with Crippen molar-refractivity contribution in [2.75, 3.05) is 6.54 Å². The molecule has 0 aliphatic carbocycles. The van der Waals surface area contributed by atoms with Gasteiger partial charge in [0, 0.05) is 13.0 Å². The Kier molecular flexibility index (Phi) is 6.34. The molecular weight excluding hydrogens is 273 g/mol. The minimum Gasteiger partial charge on any atom is -0.481 e. The molecule has 5 heteroatoms. The number of carbonyl (C=O) groups is 2. The van der Waals surface area contributed by atoms with Gasteiger partial charge in [0.1, 0.15) is 5.82 Å². The van der Waals surface area contributed by atoms with E-state index in [0.717, 1.165) is 5.56 Å². The van der Waals surface area contributed by atoms with E-state index in [1.807, 2.05) is 0 Å². The number of hydrogen-bond donors (Lipinski definition) is 2. The molecule has 0 radical (unpaired) electrons. The molecule has 0 saturated carbocycles. The molecule has 4 nitrogen and oxygen atoms in total. The predicted octanol–water partition coefficient (Wildman–Crippen LogP) is 2.77. The molecule has 0 aliphatic heterocycles. The van der Waals surface area contributed by atoms with Crippen molar-refractivity contribution in [2.24, 2.45) is 5.41 Å². The Balaban J connectivity index is 2.48. The maximum Gasteiger partial charge on any atom is 0.310 e. The number of nitrogens with one attached hydrogen (secondary N) is 1. The van der Waals surface area contributed by atoms with Crippen LogP contribution in [-0.2, 0) is 16.0 Å². The van der Waals surface area contributed by atoms with Gasteiger partial charge in [-0.25, -0.2) is 4.39 Å². The van der Waals surface area contributed by atoms with Gasteiger partial charge in [-0.05, 0) is 37.0 Å². The van der Waals surface area contributed by atoms with Crippen molar-refractivity contribution in [3.63, 3.8) is 0 Å². The number of aliphatic carboxylic acids is 1. The molecule has 0 spiro atoms. The van der Waals surface area contributed by atoms with Crippen LogP contribution in [0, 0.1) is 11.2 Å². The van der Waals surface area contributed by atoms with Gasteiger partial charge in [-0.15, -0.1) is 0 Å². The van der Waals surface area contributed by atoms with Crippen molar-refractivity contribution < 1.29 is 19.1 Å². The zero-order chi connectivity index (χ0) is 15.9. The van der Waals surface area contributed by atoms with E-state index >= 15 is 0 Å². The molecule has 0 atom stereocenters. The number of benzene rings is 1. The molecule has 1 aromatic rings. The van der Waals surface area contributed by atoms with E-state index in [2.05, 4.69) is 5.32 Å². The molecule has 1 aromatic carbocycles. The van der Waals surface area contributed by atoms with Crippen LogP contribution in [0.3, 0.4) is 0 Å². The Bertz CT molecular complexity index is 498. The van der Waals surface area contributed by atoms with E-state index in [9.17, 15) is 19.1 Å². The van der Waals surface area contributed by atoms with Crippen LogP contribution in [0.2, 0.25) is 0 Å². The lowest BCUT2D eigenvalue weighted by Gasteiger charge is -2.25. The highest BCUT2D eigenvalue weighted by molar-refractivity contribution is 5.84. The summed E-state index contributed by atoms with van der Waals surface area (Å²) in [6.07, 6.45) is 1.31. The summed E-state index contributed by atoms with van der Waals surface area (Å²) in [7, 11) is 0. The average molecular weight is 295 g/mol. The van der Waals surface area contributed by atoms with E-state index < -0.39 is 11.4 Å². The highest BCUT2D eigenvalue weighted by Gasteiger charge is 2.36. The Labute approximate surface area is 124 Å². The van der Waals surface area contributed by atoms with Crippen LogP contribution in [-0.4, -0.2) is 23.5 Å². The van der Waals surface area contributed by atoms with E-state index in [1.165, 1.54) is 12.1 Å². The van der Waals surface area contributed by atoms with Crippen molar-refractivity contribution in [3.05, 3.63) is 35.6 Å². The summed E-state index contributed by atoms with van der Waals surface area (Å²) in [4.78, 5) is 23.2. The minimum absolute atomic E-state index is 0.0293. The minimum atomic E-state index is -0.997. The van der Waals surface area contributed by atoms with E-state index in [4.69, 9.17) is 0 Å². The molecule has 0 unspecified atom stereocenters. The third-order valence-corrected chi connectivity index (χ3v) is 3.93. The van der Waals surface area contributed by atoms with Gasteiger partial charge in [0.2, 0.25) is 5.91 Å². The molecule has 21 heavy (non-hydrogen) atoms. The lowest BCUT2D eigenvalue weighted by molar-refractivity contribution is -0.152. The highest BCUT2D eigenvalue weighted by Crippen LogP contribution is 2.30. The van der Waals surface area contributed by atoms with Gasteiger partial charge in [0.05, 0.1) is 5.41 Å². The largest absolute Gasteiger partial charge is 0.481 e. The second-order valence-corrected chi connectivity index (χ2v) is 5.20. The van der Waals surface area contributed by atoms with E-state index in [0.29, 0.717) is 25.8 Å². The number of carboxylic acid groups (broad SMARTS) is 1. The third-order valence-electron chi connectivity index (χ3n) is 3.93. The van der Waals surface area contributed by atoms with Crippen LogP contribution in [0.4, 0.5) is 4.39 Å². The summed E-state index contributed by atoms with van der Waals surface area (Å²) in [5.74, 6) is -1.52. The molecule has 0 saturated heterocycles. The molecular formula is C16H22FNO3. The Hall–Kier alpha value is -1.91. The second kappa shape index (κ2) is 7.76. The third kappa shape index (κ3) is 4.85. The zero-order valence-electron chi connectivity index (χ0n) is 12.5. The SMILES string of the molecule is CCC(CC)(CC(=O)NCCc1cccc(F)c1)C(=O)O. The lowest BCUT2D eigenvalue weighted by atomic mass is 9.79. The smallest absolute Gasteiger partial charge is 0.310 e. The first-order valence-corrected chi connectivity index (χ1v) is 7.18. The van der Waals surface area contributed by atoms with Crippen molar-refractivity contribution in [2.45, 2.75) is 39.5 Å². The van der Waals surface area contributed by atoms with Gasteiger partial charge in [-0.3, -0.25) is 9.59 Å². The standard InChI is InChI=1S/C16H22FNO3/c1-3-16(4-2,15(20)21)11-14(19)18-9-8-12-6-5-7-13(17)10-12/h5-7,10H,3-4,8-9,11H2,1-2H3,(H,18,19)(H,20,21). The van der Waals surface area contributed by atoms with Crippen molar-refractivity contribution in [1.29, 1.82) is 0 Å². The number of hydrogen-bond acceptors (Lipinski definition) is 2. The first kappa shape index (κ1) is 17.1. The van der Waals surface area contributed by atoms with Gasteiger partial charge in [0.15, 0.2) is 0 Å². The number of rotatable bonds is 8. The lowest BCUT2D eigenvalue weighted by Crippen LogP contribution is -2.37. The Morgan fingerprint density at radius 2 is 1.95 bits per heavy atom. The first-order chi connectivity index (χ1) is 9.93. The summed E-state index contributed by atoms with van der Waals surface area (Å²) in [6, 6.07) is 6.20. The number of halogens is 1. The maximum atomic E-state index is 13.0. The van der Waals surface area contributed by atoms with Gasteiger partial charge in [0.25, 0.3) is 0 Å². The first-order valence-electron chi connectivity index (χ1n) is 7.18. The van der Waals surface area contributed by atoms with Gasteiger partial charge in [-0.1, -0.05) is 26.0 Å². The molecule has 0 aliphatic rings. The molecule has 1 amide bonds. The van der Waals surface area contributed by atoms with Crippen LogP contribution in [0.25, 0.3) is 0 Å². The monoisotopic (exact) mass is 295 g/mol. The molecule has 2 N–H and O–H groups in total. The summed E-state index contributed by atoms with van der Waals surface area (Å²) >= 11 is 0. The fraction of sp³-hybridized carbons (Fsp3) is 0.500. The Morgan fingerprint density at radius 3 is 2.48 bits per heavy atom. The van der Waals surface area contributed by atoms with Crippen LogP contribution in [0.15, 0.2) is 24.3 Å². The van der Waals surface area contributed by atoms with Crippen LogP contribution < -0.4 is 5.32 Å². The number of carbonyl (C=O) groups excluding carboxylic acids is 1. The average Bonchev–Trinajstić information content (AvgIpc) is 2.44. The summed E-state index contributed by atoms with van der Waals surface area (Å²) in [6.45, 7) is 3.92. The summed E-state index contributed by atoms with van der Waals surface area (Å²) < 4.78 is 13.0. The van der Waals surface area contributed by atoms with Crippen molar-refractivity contribution in [3.8, 4) is 0 Å². The molecule has 0 heterocycles. The number of amides is 1. The topological polar surface area (TPSA) is 66.4 Å². The normalized spacial score (nSPS) is 11.2. The van der Waals surface area contributed by atoms with Gasteiger partial charge >= 0.3 is 5.97 Å².